The molecule has 0 aliphatic rings. The van der Waals surface area contributed by atoms with Crippen LogP contribution in [-0.4, -0.2) is 4.98 Å². The molecule has 0 unspecified atom stereocenters. The quantitative estimate of drug-likeness (QED) is 0.926. The van der Waals surface area contributed by atoms with E-state index in [0.717, 1.165) is 11.3 Å². The minimum atomic E-state index is -0.396. The predicted octanol–water partition coefficient (Wildman–Crippen LogP) is 2.91. The number of ether oxygens (including phenoxy) is 1. The summed E-state index contributed by atoms with van der Waals surface area (Å²) >= 11 is 5.86. The van der Waals surface area contributed by atoms with Crippen molar-refractivity contribution in [1.82, 2.24) is 4.98 Å². The zero-order chi connectivity index (χ0) is 13.0. The van der Waals surface area contributed by atoms with Crippen molar-refractivity contribution < 1.29 is 9.13 Å². The van der Waals surface area contributed by atoms with Gasteiger partial charge >= 0.3 is 0 Å². The normalized spacial score (nSPS) is 10.4. The van der Waals surface area contributed by atoms with Gasteiger partial charge in [-0.25, -0.2) is 4.39 Å². The monoisotopic (exact) mass is 266 g/mol. The first kappa shape index (κ1) is 12.8. The van der Waals surface area contributed by atoms with Crippen LogP contribution >= 0.6 is 11.6 Å². The lowest BCUT2D eigenvalue weighted by Gasteiger charge is -2.10. The van der Waals surface area contributed by atoms with E-state index in [1.54, 1.807) is 6.20 Å². The Balaban J connectivity index is 2.11. The van der Waals surface area contributed by atoms with E-state index in [2.05, 4.69) is 4.98 Å². The van der Waals surface area contributed by atoms with E-state index in [-0.39, 0.29) is 11.6 Å². The molecule has 0 fully saturated rings. The van der Waals surface area contributed by atoms with Crippen molar-refractivity contribution in [2.24, 2.45) is 5.73 Å². The molecule has 1 aromatic carbocycles. The van der Waals surface area contributed by atoms with Gasteiger partial charge in [0.05, 0.1) is 10.7 Å². The third kappa shape index (κ3) is 2.97. The highest BCUT2D eigenvalue weighted by Crippen LogP contribution is 2.25. The molecule has 0 spiro atoms. The largest absolute Gasteiger partial charge is 0.486 e. The standard InChI is InChI=1S/C13H12ClFN2O/c14-11-6-10(15)3-4-13(11)18-8-12-9(7-16)2-1-5-17-12/h1-6H,7-8,16H2. The average molecular weight is 267 g/mol. The molecule has 2 rings (SSSR count). The summed E-state index contributed by atoms with van der Waals surface area (Å²) in [6, 6.07) is 7.69. The van der Waals surface area contributed by atoms with Gasteiger partial charge in [-0.1, -0.05) is 17.7 Å². The van der Waals surface area contributed by atoms with Crippen LogP contribution in [-0.2, 0) is 13.2 Å². The number of aromatic nitrogens is 1. The van der Waals surface area contributed by atoms with Crippen LogP contribution in [0.4, 0.5) is 4.39 Å². The first-order valence-electron chi connectivity index (χ1n) is 5.41. The number of benzene rings is 1. The van der Waals surface area contributed by atoms with Gasteiger partial charge in [0.15, 0.2) is 0 Å². The van der Waals surface area contributed by atoms with Gasteiger partial charge in [-0.2, -0.15) is 0 Å². The van der Waals surface area contributed by atoms with Crippen LogP contribution < -0.4 is 10.5 Å². The number of pyridine rings is 1. The van der Waals surface area contributed by atoms with Crippen LogP contribution in [0.25, 0.3) is 0 Å². The van der Waals surface area contributed by atoms with Crippen molar-refractivity contribution in [3.8, 4) is 5.75 Å². The molecule has 3 nitrogen and oxygen atoms in total. The molecule has 1 aromatic heterocycles. The summed E-state index contributed by atoms with van der Waals surface area (Å²) in [5.74, 6) is 0.0273. The number of rotatable bonds is 4. The molecule has 2 aromatic rings. The second-order valence-corrected chi connectivity index (χ2v) is 4.08. The Morgan fingerprint density at radius 1 is 1.33 bits per heavy atom. The van der Waals surface area contributed by atoms with Crippen LogP contribution in [0.5, 0.6) is 5.75 Å². The third-order valence-electron chi connectivity index (χ3n) is 2.46. The highest BCUT2D eigenvalue weighted by molar-refractivity contribution is 6.32. The Bertz CT molecular complexity index is 548. The van der Waals surface area contributed by atoms with Crippen LogP contribution in [0.2, 0.25) is 5.02 Å². The smallest absolute Gasteiger partial charge is 0.138 e. The van der Waals surface area contributed by atoms with Gasteiger partial charge in [0.2, 0.25) is 0 Å². The molecule has 0 saturated heterocycles. The molecule has 5 heteroatoms. The Morgan fingerprint density at radius 3 is 2.89 bits per heavy atom. The SMILES string of the molecule is NCc1cccnc1COc1ccc(F)cc1Cl. The van der Waals surface area contributed by atoms with Crippen LogP contribution in [0.15, 0.2) is 36.5 Å². The van der Waals surface area contributed by atoms with E-state index in [9.17, 15) is 4.39 Å². The lowest BCUT2D eigenvalue weighted by molar-refractivity contribution is 0.299. The van der Waals surface area contributed by atoms with E-state index in [1.165, 1.54) is 18.2 Å². The van der Waals surface area contributed by atoms with Gasteiger partial charge in [0, 0.05) is 12.7 Å². The minimum absolute atomic E-state index is 0.236. The second-order valence-electron chi connectivity index (χ2n) is 3.68. The van der Waals surface area contributed by atoms with Crippen molar-refractivity contribution in [1.29, 1.82) is 0 Å². The summed E-state index contributed by atoms with van der Waals surface area (Å²) in [6.07, 6.45) is 1.67. The molecule has 18 heavy (non-hydrogen) atoms. The lowest BCUT2D eigenvalue weighted by Crippen LogP contribution is -2.06. The predicted molar refractivity (Wildman–Crippen MR) is 67.9 cm³/mol. The number of hydrogen-bond acceptors (Lipinski definition) is 3. The van der Waals surface area contributed by atoms with Crippen molar-refractivity contribution in [2.45, 2.75) is 13.2 Å². The van der Waals surface area contributed by atoms with Crippen LogP contribution in [0.1, 0.15) is 11.3 Å². The highest BCUT2D eigenvalue weighted by atomic mass is 35.5. The molecule has 1 heterocycles. The molecular weight excluding hydrogens is 255 g/mol. The number of halogens is 2. The summed E-state index contributed by atoms with van der Waals surface area (Å²) in [7, 11) is 0. The van der Waals surface area contributed by atoms with Crippen molar-refractivity contribution in [2.75, 3.05) is 0 Å². The fourth-order valence-electron chi connectivity index (χ4n) is 1.53. The maximum absolute atomic E-state index is 12.9. The molecule has 0 aliphatic carbocycles. The molecule has 0 atom stereocenters. The number of hydrogen-bond donors (Lipinski definition) is 1. The Morgan fingerprint density at radius 2 is 2.17 bits per heavy atom. The van der Waals surface area contributed by atoms with Gasteiger partial charge in [0.25, 0.3) is 0 Å². The Hall–Kier alpha value is -1.65. The molecule has 0 radical (unpaired) electrons. The summed E-state index contributed by atoms with van der Waals surface area (Å²) in [5.41, 5.74) is 7.26. The summed E-state index contributed by atoms with van der Waals surface area (Å²) in [4.78, 5) is 4.19. The fraction of sp³-hybridized carbons (Fsp3) is 0.154. The Labute approximate surface area is 109 Å². The van der Waals surface area contributed by atoms with Crippen molar-refractivity contribution in [3.63, 3.8) is 0 Å². The van der Waals surface area contributed by atoms with Gasteiger partial charge in [-0.05, 0) is 29.8 Å². The maximum Gasteiger partial charge on any atom is 0.138 e. The van der Waals surface area contributed by atoms with Gasteiger partial charge in [-0.15, -0.1) is 0 Å². The first-order valence-corrected chi connectivity index (χ1v) is 5.79. The summed E-state index contributed by atoms with van der Waals surface area (Å²) in [5, 5.41) is 0.236. The highest BCUT2D eigenvalue weighted by Gasteiger charge is 2.06. The van der Waals surface area contributed by atoms with Gasteiger partial charge < -0.3 is 10.5 Å². The van der Waals surface area contributed by atoms with E-state index >= 15 is 0 Å². The molecular formula is C13H12ClFN2O. The molecule has 94 valence electrons. The minimum Gasteiger partial charge on any atom is -0.486 e. The van der Waals surface area contributed by atoms with Crippen molar-refractivity contribution >= 4 is 11.6 Å². The molecule has 2 N–H and O–H groups in total. The van der Waals surface area contributed by atoms with Gasteiger partial charge in [-0.3, -0.25) is 4.98 Å². The van der Waals surface area contributed by atoms with E-state index < -0.39 is 5.82 Å². The van der Waals surface area contributed by atoms with Gasteiger partial charge in [0.1, 0.15) is 18.2 Å². The molecule has 0 amide bonds. The topological polar surface area (TPSA) is 48.1 Å². The Kier molecular flexibility index (Phi) is 4.12. The average Bonchev–Trinajstić information content (AvgIpc) is 2.38. The van der Waals surface area contributed by atoms with Crippen LogP contribution in [0, 0.1) is 5.82 Å². The van der Waals surface area contributed by atoms with Crippen molar-refractivity contribution in [3.05, 3.63) is 58.6 Å². The van der Waals surface area contributed by atoms with E-state index in [0.29, 0.717) is 12.3 Å². The molecule has 0 aliphatic heterocycles. The van der Waals surface area contributed by atoms with Crippen LogP contribution in [0.3, 0.4) is 0 Å². The maximum atomic E-state index is 12.9. The zero-order valence-electron chi connectivity index (χ0n) is 9.57. The molecule has 0 bridgehead atoms. The third-order valence-corrected chi connectivity index (χ3v) is 2.76. The number of nitrogens with zero attached hydrogens (tertiary/aromatic N) is 1. The summed E-state index contributed by atoms with van der Waals surface area (Å²) in [6.45, 7) is 0.641. The van der Waals surface area contributed by atoms with E-state index in [4.69, 9.17) is 22.1 Å². The fourth-order valence-corrected chi connectivity index (χ4v) is 1.75. The van der Waals surface area contributed by atoms with E-state index in [1.807, 2.05) is 12.1 Å². The summed E-state index contributed by atoms with van der Waals surface area (Å²) < 4.78 is 18.4. The first-order chi connectivity index (χ1) is 8.70. The number of nitrogens with two attached hydrogens (primary N) is 1. The second kappa shape index (κ2) is 5.80. The zero-order valence-corrected chi connectivity index (χ0v) is 10.3. The molecule has 0 saturated carbocycles. The lowest BCUT2D eigenvalue weighted by atomic mass is 10.2.